The van der Waals surface area contributed by atoms with Crippen LogP contribution in [0.4, 0.5) is 0 Å². The molecule has 1 saturated heterocycles. The fraction of sp³-hybridized carbons (Fsp3) is 0.882. The van der Waals surface area contributed by atoms with Crippen molar-refractivity contribution >= 4 is 11.8 Å². The van der Waals surface area contributed by atoms with E-state index in [9.17, 15) is 9.59 Å². The maximum absolute atomic E-state index is 12.8. The van der Waals surface area contributed by atoms with Crippen LogP contribution >= 0.6 is 0 Å². The van der Waals surface area contributed by atoms with E-state index in [0.717, 1.165) is 31.2 Å². The molecule has 0 radical (unpaired) electrons. The van der Waals surface area contributed by atoms with Crippen LogP contribution in [0.3, 0.4) is 0 Å². The number of hydrogen-bond donors (Lipinski definition) is 1. The summed E-state index contributed by atoms with van der Waals surface area (Å²) in [5, 5.41) is 2.94. The van der Waals surface area contributed by atoms with Gasteiger partial charge < -0.3 is 10.2 Å². The molecule has 0 spiro atoms. The fourth-order valence-electron chi connectivity index (χ4n) is 4.99. The summed E-state index contributed by atoms with van der Waals surface area (Å²) in [4.78, 5) is 27.3. The average molecular weight is 290 g/mol. The summed E-state index contributed by atoms with van der Waals surface area (Å²) >= 11 is 0. The largest absolute Gasteiger partial charge is 0.340 e. The molecule has 2 bridgehead atoms. The second kappa shape index (κ2) is 4.47. The molecular weight excluding hydrogens is 264 g/mol. The zero-order valence-electron chi connectivity index (χ0n) is 13.1. The van der Waals surface area contributed by atoms with Gasteiger partial charge in [-0.1, -0.05) is 6.42 Å². The highest BCUT2D eigenvalue weighted by Crippen LogP contribution is 2.49. The van der Waals surface area contributed by atoms with Gasteiger partial charge in [0.15, 0.2) is 0 Å². The smallest absolute Gasteiger partial charge is 0.248 e. The fourth-order valence-corrected chi connectivity index (χ4v) is 4.99. The zero-order chi connectivity index (χ0) is 14.8. The van der Waals surface area contributed by atoms with Crippen molar-refractivity contribution in [2.45, 2.75) is 64.0 Å². The quantitative estimate of drug-likeness (QED) is 0.863. The average Bonchev–Trinajstić information content (AvgIpc) is 3.02. The van der Waals surface area contributed by atoms with Crippen LogP contribution in [-0.4, -0.2) is 34.8 Å². The van der Waals surface area contributed by atoms with Crippen molar-refractivity contribution in [2.24, 2.45) is 23.7 Å². The van der Waals surface area contributed by atoms with Gasteiger partial charge >= 0.3 is 0 Å². The van der Waals surface area contributed by atoms with E-state index in [0.29, 0.717) is 11.8 Å². The molecule has 1 aliphatic heterocycles. The Kier molecular flexibility index (Phi) is 2.89. The molecule has 1 heterocycles. The highest BCUT2D eigenvalue weighted by atomic mass is 16.2. The predicted molar refractivity (Wildman–Crippen MR) is 79.4 cm³/mol. The van der Waals surface area contributed by atoms with Crippen molar-refractivity contribution in [2.75, 3.05) is 6.54 Å². The van der Waals surface area contributed by atoms with Crippen molar-refractivity contribution in [3.8, 4) is 0 Å². The van der Waals surface area contributed by atoms with Gasteiger partial charge in [0.1, 0.15) is 11.6 Å². The molecule has 4 rings (SSSR count). The number of piperazine rings is 1. The first-order valence-corrected chi connectivity index (χ1v) is 8.59. The number of rotatable bonds is 3. The molecule has 1 N–H and O–H groups in total. The number of nitrogens with one attached hydrogen (secondary N) is 1. The molecule has 0 aromatic carbocycles. The molecule has 4 atom stereocenters. The van der Waals surface area contributed by atoms with Gasteiger partial charge in [0.05, 0.1) is 0 Å². The molecular formula is C17H26N2O2. The van der Waals surface area contributed by atoms with Crippen LogP contribution in [0.2, 0.25) is 0 Å². The van der Waals surface area contributed by atoms with Crippen LogP contribution < -0.4 is 5.32 Å². The number of fused-ring (bicyclic) bond motifs is 2. The van der Waals surface area contributed by atoms with Crippen molar-refractivity contribution in [1.29, 1.82) is 0 Å². The minimum atomic E-state index is -0.736. The summed E-state index contributed by atoms with van der Waals surface area (Å²) in [6.07, 6.45) is 7.54. The van der Waals surface area contributed by atoms with Crippen LogP contribution in [0.1, 0.15) is 52.4 Å². The van der Waals surface area contributed by atoms with E-state index in [1.807, 2.05) is 18.7 Å². The third-order valence-electron chi connectivity index (χ3n) is 6.22. The Bertz CT molecular complexity index is 483. The van der Waals surface area contributed by atoms with Crippen LogP contribution in [0.25, 0.3) is 0 Å². The van der Waals surface area contributed by atoms with Gasteiger partial charge in [-0.25, -0.2) is 0 Å². The van der Waals surface area contributed by atoms with Crippen LogP contribution in [0.5, 0.6) is 0 Å². The Morgan fingerprint density at radius 1 is 1.10 bits per heavy atom. The van der Waals surface area contributed by atoms with Gasteiger partial charge in [0.2, 0.25) is 11.8 Å². The lowest BCUT2D eigenvalue weighted by atomic mass is 9.86. The van der Waals surface area contributed by atoms with Gasteiger partial charge in [-0.3, -0.25) is 9.59 Å². The lowest BCUT2D eigenvalue weighted by molar-refractivity contribution is -0.155. The lowest BCUT2D eigenvalue weighted by Crippen LogP contribution is -2.69. The maximum atomic E-state index is 12.8. The minimum Gasteiger partial charge on any atom is -0.340 e. The second-order valence-corrected chi connectivity index (χ2v) is 8.29. The zero-order valence-corrected chi connectivity index (χ0v) is 13.1. The number of carbonyl (C=O) groups excluding carboxylic acids is 2. The van der Waals surface area contributed by atoms with Crippen molar-refractivity contribution in [3.05, 3.63) is 0 Å². The molecule has 3 aliphatic carbocycles. The lowest BCUT2D eigenvalue weighted by Gasteiger charge is -2.44. The molecule has 4 nitrogen and oxygen atoms in total. The van der Waals surface area contributed by atoms with E-state index in [1.165, 1.54) is 25.7 Å². The molecule has 4 aliphatic rings. The van der Waals surface area contributed by atoms with E-state index in [4.69, 9.17) is 0 Å². The van der Waals surface area contributed by atoms with Gasteiger partial charge in [-0.2, -0.15) is 0 Å². The normalized spacial score (nSPS) is 41.5. The Hall–Kier alpha value is -1.06. The third-order valence-corrected chi connectivity index (χ3v) is 6.22. The highest BCUT2D eigenvalue weighted by Gasteiger charge is 2.52. The van der Waals surface area contributed by atoms with Crippen molar-refractivity contribution in [3.63, 3.8) is 0 Å². The van der Waals surface area contributed by atoms with Crippen LogP contribution in [0, 0.1) is 23.7 Å². The first-order valence-electron chi connectivity index (χ1n) is 8.59. The Morgan fingerprint density at radius 3 is 2.38 bits per heavy atom. The molecule has 0 aromatic heterocycles. The van der Waals surface area contributed by atoms with E-state index in [-0.39, 0.29) is 17.9 Å². The molecule has 4 heteroatoms. The summed E-state index contributed by atoms with van der Waals surface area (Å²) in [6.45, 7) is 4.49. The van der Waals surface area contributed by atoms with E-state index in [1.54, 1.807) is 0 Å². The van der Waals surface area contributed by atoms with Gasteiger partial charge in [-0.15, -0.1) is 0 Å². The first kappa shape index (κ1) is 13.6. The Balaban J connectivity index is 1.56. The number of carbonyl (C=O) groups is 2. The molecule has 0 aromatic rings. The Morgan fingerprint density at radius 2 is 1.81 bits per heavy atom. The van der Waals surface area contributed by atoms with Crippen molar-refractivity contribution < 1.29 is 9.59 Å². The highest BCUT2D eigenvalue weighted by molar-refractivity contribution is 5.99. The molecule has 3 saturated carbocycles. The van der Waals surface area contributed by atoms with Gasteiger partial charge in [0.25, 0.3) is 0 Å². The summed E-state index contributed by atoms with van der Waals surface area (Å²) in [5.41, 5.74) is -0.736. The number of amides is 2. The number of nitrogens with zero attached hydrogens (tertiary/aromatic N) is 1. The van der Waals surface area contributed by atoms with Crippen LogP contribution in [-0.2, 0) is 9.59 Å². The maximum Gasteiger partial charge on any atom is 0.248 e. The molecule has 4 fully saturated rings. The molecule has 4 unspecified atom stereocenters. The van der Waals surface area contributed by atoms with E-state index >= 15 is 0 Å². The summed E-state index contributed by atoms with van der Waals surface area (Å²) in [6, 6.07) is -0.190. The summed E-state index contributed by atoms with van der Waals surface area (Å²) < 4.78 is 0. The molecule has 21 heavy (non-hydrogen) atoms. The topological polar surface area (TPSA) is 49.4 Å². The SMILES string of the molecule is CC1(C)NC(=O)C(C2CC2)N(CC2CC3CCC2C3)C1=O. The number of hydrogen-bond acceptors (Lipinski definition) is 2. The Labute approximate surface area is 126 Å². The monoisotopic (exact) mass is 290 g/mol. The molecule has 2 amide bonds. The standard InChI is InChI=1S/C17H26N2O2/c1-17(2)16(21)19(14(11-5-6-11)15(20)18-17)9-13-8-10-3-4-12(13)7-10/h10-14H,3-9H2,1-2H3,(H,18,20). The summed E-state index contributed by atoms with van der Waals surface area (Å²) in [7, 11) is 0. The minimum absolute atomic E-state index is 0.0743. The van der Waals surface area contributed by atoms with E-state index in [2.05, 4.69) is 5.32 Å². The molecule has 116 valence electrons. The predicted octanol–water partition coefficient (Wildman–Crippen LogP) is 1.94. The van der Waals surface area contributed by atoms with Gasteiger partial charge in [0, 0.05) is 6.54 Å². The second-order valence-electron chi connectivity index (χ2n) is 8.29. The first-order chi connectivity index (χ1) is 9.95. The third kappa shape index (κ3) is 2.18. The van der Waals surface area contributed by atoms with Crippen molar-refractivity contribution in [1.82, 2.24) is 10.2 Å². The van der Waals surface area contributed by atoms with Gasteiger partial charge in [-0.05, 0) is 69.6 Å². The summed E-state index contributed by atoms with van der Waals surface area (Å²) in [5.74, 6) is 2.93. The van der Waals surface area contributed by atoms with E-state index < -0.39 is 5.54 Å². The van der Waals surface area contributed by atoms with Crippen LogP contribution in [0.15, 0.2) is 0 Å².